The van der Waals surface area contributed by atoms with Crippen molar-refractivity contribution in [2.45, 2.75) is 19.5 Å². The van der Waals surface area contributed by atoms with Crippen LogP contribution in [0.4, 0.5) is 0 Å². The predicted octanol–water partition coefficient (Wildman–Crippen LogP) is 2.80. The van der Waals surface area contributed by atoms with E-state index >= 15 is 0 Å². The third-order valence-corrected chi connectivity index (χ3v) is 3.91. The van der Waals surface area contributed by atoms with E-state index in [1.807, 2.05) is 54.8 Å². The Hall–Kier alpha value is -1.65. The van der Waals surface area contributed by atoms with E-state index in [0.29, 0.717) is 13.1 Å². The highest BCUT2D eigenvalue weighted by atomic mass is 32.1. The van der Waals surface area contributed by atoms with Crippen molar-refractivity contribution in [3.8, 4) is 0 Å². The molecule has 0 aliphatic carbocycles. The topological polar surface area (TPSA) is 46.3 Å². The van der Waals surface area contributed by atoms with Crippen LogP contribution in [0.1, 0.15) is 23.4 Å². The number of benzene rings is 1. The lowest BCUT2D eigenvalue weighted by molar-refractivity contribution is -0.133. The van der Waals surface area contributed by atoms with Crippen molar-refractivity contribution in [3.63, 3.8) is 0 Å². The average Bonchev–Trinajstić information content (AvgIpc) is 2.97. The molecule has 0 aliphatic rings. The molecule has 1 amide bonds. The summed E-state index contributed by atoms with van der Waals surface area (Å²) in [5.74, 6) is -0.0258. The zero-order chi connectivity index (χ0) is 13.7. The Morgan fingerprint density at radius 3 is 2.58 bits per heavy atom. The van der Waals surface area contributed by atoms with Crippen LogP contribution in [0.3, 0.4) is 0 Å². The van der Waals surface area contributed by atoms with Gasteiger partial charge in [0.1, 0.15) is 6.04 Å². The molecule has 19 heavy (non-hydrogen) atoms. The molecule has 1 aromatic heterocycles. The van der Waals surface area contributed by atoms with Crippen LogP contribution < -0.4 is 5.73 Å². The summed E-state index contributed by atoms with van der Waals surface area (Å²) < 4.78 is 0. The Kier molecular flexibility index (Phi) is 4.71. The van der Waals surface area contributed by atoms with Crippen LogP contribution in [0.5, 0.6) is 0 Å². The van der Waals surface area contributed by atoms with Gasteiger partial charge in [-0.1, -0.05) is 36.4 Å². The van der Waals surface area contributed by atoms with Crippen molar-refractivity contribution in [3.05, 3.63) is 58.3 Å². The fourth-order valence-corrected chi connectivity index (χ4v) is 2.66. The molecule has 0 saturated carbocycles. The normalized spacial score (nSPS) is 12.1. The first kappa shape index (κ1) is 13.8. The molecule has 2 N–H and O–H groups in total. The van der Waals surface area contributed by atoms with Gasteiger partial charge in [-0.15, -0.1) is 11.3 Å². The lowest BCUT2D eigenvalue weighted by atomic mass is 10.1. The van der Waals surface area contributed by atoms with E-state index in [1.54, 1.807) is 16.2 Å². The van der Waals surface area contributed by atoms with E-state index < -0.39 is 6.04 Å². The molecule has 2 rings (SSSR count). The van der Waals surface area contributed by atoms with Crippen LogP contribution in [0.2, 0.25) is 0 Å². The van der Waals surface area contributed by atoms with Gasteiger partial charge in [0.15, 0.2) is 0 Å². The van der Waals surface area contributed by atoms with Crippen LogP contribution in [-0.4, -0.2) is 17.4 Å². The number of carbonyl (C=O) groups excluding carboxylic acids is 1. The first-order valence-corrected chi connectivity index (χ1v) is 7.22. The summed E-state index contributed by atoms with van der Waals surface area (Å²) in [6.07, 6.45) is 0. The molecule has 100 valence electrons. The van der Waals surface area contributed by atoms with E-state index in [0.717, 1.165) is 5.56 Å². The van der Waals surface area contributed by atoms with Gasteiger partial charge < -0.3 is 10.6 Å². The van der Waals surface area contributed by atoms with Crippen molar-refractivity contribution in [1.29, 1.82) is 0 Å². The number of nitrogens with zero attached hydrogens (tertiary/aromatic N) is 1. The number of likely N-dealkylation sites (N-methyl/N-ethyl adjacent to an activating group) is 1. The minimum Gasteiger partial charge on any atom is -0.336 e. The van der Waals surface area contributed by atoms with E-state index in [9.17, 15) is 4.79 Å². The Morgan fingerprint density at radius 1 is 1.26 bits per heavy atom. The molecule has 1 atom stereocenters. The Balaban J connectivity index is 2.08. The highest BCUT2D eigenvalue weighted by Gasteiger charge is 2.21. The first-order valence-electron chi connectivity index (χ1n) is 6.34. The summed E-state index contributed by atoms with van der Waals surface area (Å²) in [6, 6.07) is 13.0. The molecule has 4 heteroatoms. The zero-order valence-corrected chi connectivity index (χ0v) is 11.8. The summed E-state index contributed by atoms with van der Waals surface area (Å²) in [6.45, 7) is 3.27. The van der Waals surface area contributed by atoms with Gasteiger partial charge in [0.05, 0.1) is 6.54 Å². The van der Waals surface area contributed by atoms with E-state index in [2.05, 4.69) is 0 Å². The van der Waals surface area contributed by atoms with Crippen molar-refractivity contribution in [2.24, 2.45) is 5.73 Å². The second-order valence-electron chi connectivity index (χ2n) is 4.32. The highest BCUT2D eigenvalue weighted by molar-refractivity contribution is 7.09. The Bertz CT molecular complexity index is 510. The molecular weight excluding hydrogens is 256 g/mol. The van der Waals surface area contributed by atoms with Crippen molar-refractivity contribution in [1.82, 2.24) is 4.90 Å². The summed E-state index contributed by atoms with van der Waals surface area (Å²) in [5.41, 5.74) is 6.91. The van der Waals surface area contributed by atoms with Crippen LogP contribution in [0.15, 0.2) is 47.8 Å². The molecule has 1 aromatic carbocycles. The molecule has 0 unspecified atom stereocenters. The van der Waals surface area contributed by atoms with Gasteiger partial charge >= 0.3 is 0 Å². The van der Waals surface area contributed by atoms with Gasteiger partial charge in [0.2, 0.25) is 5.91 Å². The smallest absolute Gasteiger partial charge is 0.244 e. The number of carbonyl (C=O) groups is 1. The van der Waals surface area contributed by atoms with Crippen LogP contribution in [-0.2, 0) is 11.3 Å². The van der Waals surface area contributed by atoms with Gasteiger partial charge in [-0.05, 0) is 23.9 Å². The van der Waals surface area contributed by atoms with Crippen LogP contribution in [0.25, 0.3) is 0 Å². The second-order valence-corrected chi connectivity index (χ2v) is 5.35. The molecule has 3 nitrogen and oxygen atoms in total. The highest BCUT2D eigenvalue weighted by Crippen LogP contribution is 2.17. The Morgan fingerprint density at radius 2 is 2.00 bits per heavy atom. The number of amides is 1. The summed E-state index contributed by atoms with van der Waals surface area (Å²) in [7, 11) is 0. The number of nitrogens with two attached hydrogens (primary N) is 1. The molecule has 0 spiro atoms. The maximum absolute atomic E-state index is 12.4. The molecule has 0 radical (unpaired) electrons. The maximum atomic E-state index is 12.4. The molecule has 2 aromatic rings. The van der Waals surface area contributed by atoms with Gasteiger partial charge in [-0.2, -0.15) is 0 Å². The summed E-state index contributed by atoms with van der Waals surface area (Å²) in [4.78, 5) is 15.4. The molecular formula is C15H18N2OS. The fraction of sp³-hybridized carbons (Fsp3) is 0.267. The lowest BCUT2D eigenvalue weighted by Crippen LogP contribution is -2.37. The van der Waals surface area contributed by atoms with Crippen molar-refractivity contribution in [2.75, 3.05) is 6.54 Å². The zero-order valence-electron chi connectivity index (χ0n) is 11.0. The number of hydrogen-bond acceptors (Lipinski definition) is 3. The standard InChI is InChI=1S/C15H18N2OS/c1-2-17(11-13-9-6-10-19-13)15(18)14(16)12-7-4-3-5-8-12/h3-10,14H,2,11,16H2,1H3/t14-/m1/s1. The summed E-state index contributed by atoms with van der Waals surface area (Å²) >= 11 is 1.66. The molecule has 0 fully saturated rings. The van der Waals surface area contributed by atoms with Gasteiger partial charge in [0.25, 0.3) is 0 Å². The minimum absolute atomic E-state index is 0.0258. The van der Waals surface area contributed by atoms with Crippen LogP contribution in [0, 0.1) is 0 Å². The van der Waals surface area contributed by atoms with Gasteiger partial charge in [-0.25, -0.2) is 0 Å². The lowest BCUT2D eigenvalue weighted by Gasteiger charge is -2.24. The molecule has 0 bridgehead atoms. The number of rotatable bonds is 5. The van der Waals surface area contributed by atoms with E-state index in [4.69, 9.17) is 5.73 Å². The number of thiophene rings is 1. The second kappa shape index (κ2) is 6.50. The third kappa shape index (κ3) is 3.43. The third-order valence-electron chi connectivity index (χ3n) is 3.04. The molecule has 0 aliphatic heterocycles. The molecule has 1 heterocycles. The SMILES string of the molecule is CCN(Cc1cccs1)C(=O)[C@H](N)c1ccccc1. The van der Waals surface area contributed by atoms with Crippen molar-refractivity contribution < 1.29 is 4.79 Å². The monoisotopic (exact) mass is 274 g/mol. The molecule has 0 saturated heterocycles. The first-order chi connectivity index (χ1) is 9.22. The average molecular weight is 274 g/mol. The Labute approximate surface area is 117 Å². The van der Waals surface area contributed by atoms with E-state index in [1.165, 1.54) is 4.88 Å². The van der Waals surface area contributed by atoms with Crippen molar-refractivity contribution >= 4 is 17.2 Å². The fourth-order valence-electron chi connectivity index (χ4n) is 1.94. The maximum Gasteiger partial charge on any atom is 0.244 e. The van der Waals surface area contributed by atoms with E-state index in [-0.39, 0.29) is 5.91 Å². The summed E-state index contributed by atoms with van der Waals surface area (Å²) in [5, 5.41) is 2.02. The van der Waals surface area contributed by atoms with Crippen LogP contribution >= 0.6 is 11.3 Å². The van der Waals surface area contributed by atoms with Gasteiger partial charge in [0, 0.05) is 11.4 Å². The van der Waals surface area contributed by atoms with Gasteiger partial charge in [-0.3, -0.25) is 4.79 Å². The largest absolute Gasteiger partial charge is 0.336 e. The number of hydrogen-bond donors (Lipinski definition) is 1. The minimum atomic E-state index is -0.582. The predicted molar refractivity (Wildman–Crippen MR) is 78.8 cm³/mol. The quantitative estimate of drug-likeness (QED) is 0.911.